The van der Waals surface area contributed by atoms with Crippen LogP contribution in [0.5, 0.6) is 5.75 Å². The molecule has 1 saturated heterocycles. The molecular weight excluding hydrogens is 520 g/mol. The van der Waals surface area contributed by atoms with Crippen molar-refractivity contribution in [3.05, 3.63) is 42.5 Å². The molecule has 0 radical (unpaired) electrons. The van der Waals surface area contributed by atoms with Crippen molar-refractivity contribution in [2.24, 2.45) is 16.6 Å². The molecule has 2 aliphatic rings. The van der Waals surface area contributed by atoms with Gasteiger partial charge in [-0.1, -0.05) is 37.7 Å². The SMILES string of the molecule is COC1OCC[C@@H]1N=C(OC(=O)[C@H](C)N)[C@H](CC(C)C)NC(=O)COc1ccc2c(c1)Nc1ccccc1S2. The van der Waals surface area contributed by atoms with E-state index >= 15 is 0 Å². The number of methoxy groups -OCH3 is 1. The molecular formula is C28H36N4O6S. The first kappa shape index (κ1) is 28.9. The summed E-state index contributed by atoms with van der Waals surface area (Å²) in [6.45, 7) is 5.79. The zero-order chi connectivity index (χ0) is 27.9. The standard InChI is InChI=1S/C28H36N4O6S/c1-16(2)13-22(26(38-27(34)17(3)29)32-20-11-12-36-28(20)35-4)31-25(33)15-37-18-9-10-24-21(14-18)30-19-7-5-6-8-23(19)39-24/h5-10,14,16-17,20,22,28,30H,11-13,15,29H2,1-4H3,(H,31,33)/t17-,20-,22-,28?/m0/s1. The smallest absolute Gasteiger partial charge is 0.329 e. The minimum Gasteiger partial charge on any atom is -0.484 e. The summed E-state index contributed by atoms with van der Waals surface area (Å²) in [5.74, 6) is -0.199. The lowest BCUT2D eigenvalue weighted by atomic mass is 10.0. The number of aliphatic imine (C=N–C) groups is 1. The van der Waals surface area contributed by atoms with Crippen molar-refractivity contribution in [1.29, 1.82) is 0 Å². The number of ether oxygens (including phenoxy) is 4. The minimum absolute atomic E-state index is 0.0885. The second-order valence-corrected chi connectivity index (χ2v) is 11.0. The molecule has 2 heterocycles. The number of esters is 1. The van der Waals surface area contributed by atoms with Crippen LogP contribution in [-0.2, 0) is 23.8 Å². The lowest BCUT2D eigenvalue weighted by Gasteiger charge is -2.24. The Labute approximate surface area is 233 Å². The normalized spacial score (nSPS) is 19.9. The Kier molecular flexibility index (Phi) is 9.84. The third kappa shape index (κ3) is 7.72. The van der Waals surface area contributed by atoms with Crippen molar-refractivity contribution in [2.45, 2.75) is 67.8 Å². The van der Waals surface area contributed by atoms with Crippen molar-refractivity contribution in [3.8, 4) is 5.75 Å². The molecule has 4 rings (SSSR count). The fourth-order valence-corrected chi connectivity index (χ4v) is 5.20. The van der Waals surface area contributed by atoms with Gasteiger partial charge >= 0.3 is 5.97 Å². The molecule has 0 spiro atoms. The summed E-state index contributed by atoms with van der Waals surface area (Å²) in [7, 11) is 1.53. The van der Waals surface area contributed by atoms with Crippen LogP contribution in [0.2, 0.25) is 0 Å². The van der Waals surface area contributed by atoms with Crippen molar-refractivity contribution in [1.82, 2.24) is 5.32 Å². The molecule has 0 aromatic heterocycles. The summed E-state index contributed by atoms with van der Waals surface area (Å²) in [5, 5.41) is 6.34. The van der Waals surface area contributed by atoms with Crippen LogP contribution in [0.1, 0.15) is 33.6 Å². The summed E-state index contributed by atoms with van der Waals surface area (Å²) in [5.41, 5.74) is 7.68. The van der Waals surface area contributed by atoms with Gasteiger partial charge in [0.15, 0.2) is 12.9 Å². The molecule has 2 aromatic carbocycles. The van der Waals surface area contributed by atoms with E-state index in [2.05, 4.69) is 21.7 Å². The highest BCUT2D eigenvalue weighted by Gasteiger charge is 2.32. The van der Waals surface area contributed by atoms with Gasteiger partial charge in [-0.25, -0.2) is 9.79 Å². The number of fused-ring (bicyclic) bond motifs is 2. The maximum Gasteiger partial charge on any atom is 0.329 e. The number of carbonyl (C=O) groups excluding carboxylic acids is 2. The molecule has 39 heavy (non-hydrogen) atoms. The molecule has 11 heteroatoms. The molecule has 2 aliphatic heterocycles. The molecule has 0 saturated carbocycles. The monoisotopic (exact) mass is 556 g/mol. The Morgan fingerprint density at radius 2 is 1.95 bits per heavy atom. The topological polar surface area (TPSA) is 134 Å². The largest absolute Gasteiger partial charge is 0.484 e. The molecule has 1 amide bonds. The van der Waals surface area contributed by atoms with E-state index in [0.29, 0.717) is 25.2 Å². The molecule has 210 valence electrons. The van der Waals surface area contributed by atoms with Gasteiger partial charge in [0.25, 0.3) is 5.91 Å². The van der Waals surface area contributed by atoms with E-state index in [-0.39, 0.29) is 30.4 Å². The van der Waals surface area contributed by atoms with Crippen LogP contribution in [0.4, 0.5) is 11.4 Å². The minimum atomic E-state index is -0.852. The number of rotatable bonds is 10. The number of carbonyl (C=O) groups is 2. The van der Waals surface area contributed by atoms with Crippen LogP contribution >= 0.6 is 11.8 Å². The maximum atomic E-state index is 13.0. The lowest BCUT2D eigenvalue weighted by molar-refractivity contribution is -0.137. The predicted octanol–water partition coefficient (Wildman–Crippen LogP) is 3.85. The fraction of sp³-hybridized carbons (Fsp3) is 0.464. The van der Waals surface area contributed by atoms with Gasteiger partial charge in [0, 0.05) is 23.0 Å². The van der Waals surface area contributed by atoms with Gasteiger partial charge in [0.05, 0.1) is 18.0 Å². The van der Waals surface area contributed by atoms with Crippen LogP contribution in [0, 0.1) is 5.92 Å². The number of hydrogen-bond donors (Lipinski definition) is 3. The number of nitrogens with one attached hydrogen (secondary N) is 2. The molecule has 0 aliphatic carbocycles. The van der Waals surface area contributed by atoms with Crippen LogP contribution in [-0.4, -0.2) is 62.5 Å². The quantitative estimate of drug-likeness (QED) is 0.193. The molecule has 2 aromatic rings. The number of hydrogen-bond acceptors (Lipinski definition) is 10. The number of amides is 1. The van der Waals surface area contributed by atoms with E-state index in [1.54, 1.807) is 11.8 Å². The molecule has 0 bridgehead atoms. The van der Waals surface area contributed by atoms with Crippen LogP contribution in [0.15, 0.2) is 57.2 Å². The Bertz CT molecular complexity index is 1200. The Morgan fingerprint density at radius 3 is 2.69 bits per heavy atom. The number of benzene rings is 2. The average Bonchev–Trinajstić information content (AvgIpc) is 3.36. The van der Waals surface area contributed by atoms with E-state index in [1.165, 1.54) is 14.0 Å². The van der Waals surface area contributed by atoms with Gasteiger partial charge in [-0.3, -0.25) is 4.79 Å². The summed E-state index contributed by atoms with van der Waals surface area (Å²) in [6, 6.07) is 11.9. The first-order chi connectivity index (χ1) is 18.7. The van der Waals surface area contributed by atoms with Gasteiger partial charge in [-0.2, -0.15) is 0 Å². The highest BCUT2D eigenvalue weighted by atomic mass is 32.2. The summed E-state index contributed by atoms with van der Waals surface area (Å²) in [6.07, 6.45) is 0.523. The lowest BCUT2D eigenvalue weighted by Crippen LogP contribution is -2.47. The maximum absolute atomic E-state index is 13.0. The summed E-state index contributed by atoms with van der Waals surface area (Å²) >= 11 is 1.68. The summed E-state index contributed by atoms with van der Waals surface area (Å²) in [4.78, 5) is 32.3. The zero-order valence-corrected chi connectivity index (χ0v) is 23.5. The van der Waals surface area contributed by atoms with E-state index < -0.39 is 24.3 Å². The van der Waals surface area contributed by atoms with E-state index in [0.717, 1.165) is 21.2 Å². The Morgan fingerprint density at radius 1 is 1.18 bits per heavy atom. The van der Waals surface area contributed by atoms with Crippen LogP contribution < -0.4 is 21.1 Å². The van der Waals surface area contributed by atoms with Crippen molar-refractivity contribution in [3.63, 3.8) is 0 Å². The van der Waals surface area contributed by atoms with Crippen LogP contribution in [0.3, 0.4) is 0 Å². The second-order valence-electron chi connectivity index (χ2n) is 9.93. The van der Waals surface area contributed by atoms with Gasteiger partial charge < -0.3 is 35.3 Å². The van der Waals surface area contributed by atoms with Gasteiger partial charge in [0.1, 0.15) is 23.9 Å². The molecule has 4 atom stereocenters. The molecule has 4 N–H and O–H groups in total. The average molecular weight is 557 g/mol. The fourth-order valence-electron chi connectivity index (χ4n) is 4.24. The molecule has 1 fully saturated rings. The van der Waals surface area contributed by atoms with E-state index in [4.69, 9.17) is 24.7 Å². The van der Waals surface area contributed by atoms with Gasteiger partial charge in [-0.05, 0) is 49.9 Å². The zero-order valence-electron chi connectivity index (χ0n) is 22.6. The van der Waals surface area contributed by atoms with E-state index in [1.807, 2.05) is 50.2 Å². The highest BCUT2D eigenvalue weighted by molar-refractivity contribution is 7.99. The third-order valence-corrected chi connectivity index (χ3v) is 7.30. The number of nitrogens with two attached hydrogens (primary N) is 1. The first-order valence-corrected chi connectivity index (χ1v) is 13.8. The molecule has 1 unspecified atom stereocenters. The van der Waals surface area contributed by atoms with Crippen molar-refractivity contribution >= 4 is 40.9 Å². The van der Waals surface area contributed by atoms with Gasteiger partial charge in [0.2, 0.25) is 5.90 Å². The predicted molar refractivity (Wildman–Crippen MR) is 150 cm³/mol. The third-order valence-electron chi connectivity index (χ3n) is 6.15. The second kappa shape index (κ2) is 13.3. The first-order valence-electron chi connectivity index (χ1n) is 13.0. The number of nitrogens with zero attached hydrogens (tertiary/aromatic N) is 1. The number of para-hydroxylation sites is 1. The Hall–Kier alpha value is -3.12. The molecule has 10 nitrogen and oxygen atoms in total. The Balaban J connectivity index is 1.45. The van der Waals surface area contributed by atoms with E-state index in [9.17, 15) is 9.59 Å². The van der Waals surface area contributed by atoms with Gasteiger partial charge in [-0.15, -0.1) is 0 Å². The number of anilines is 2. The summed E-state index contributed by atoms with van der Waals surface area (Å²) < 4.78 is 22.3. The highest BCUT2D eigenvalue weighted by Crippen LogP contribution is 2.45. The van der Waals surface area contributed by atoms with Crippen molar-refractivity contribution in [2.75, 3.05) is 25.6 Å². The van der Waals surface area contributed by atoms with Crippen molar-refractivity contribution < 1.29 is 28.5 Å². The van der Waals surface area contributed by atoms with Crippen LogP contribution in [0.25, 0.3) is 0 Å².